The number of carbonyl (C=O) groups is 2. The molecule has 8 nitrogen and oxygen atoms in total. The number of benzene rings is 4. The van der Waals surface area contributed by atoms with E-state index < -0.39 is 5.91 Å². The van der Waals surface area contributed by atoms with Gasteiger partial charge in [0, 0.05) is 41.4 Å². The van der Waals surface area contributed by atoms with Gasteiger partial charge in [0.2, 0.25) is 11.8 Å². The summed E-state index contributed by atoms with van der Waals surface area (Å²) in [7, 11) is 3.16. The number of anilines is 1. The summed E-state index contributed by atoms with van der Waals surface area (Å²) in [6, 6.07) is 22.0. The van der Waals surface area contributed by atoms with Crippen LogP contribution in [-0.2, 0) is 4.79 Å². The van der Waals surface area contributed by atoms with Gasteiger partial charge in [0.1, 0.15) is 11.5 Å². The number of methoxy groups -OCH3 is 2. The average Bonchev–Trinajstić information content (AvgIpc) is 2.91. The van der Waals surface area contributed by atoms with Crippen LogP contribution in [0.5, 0.6) is 23.0 Å². The second-order valence-corrected chi connectivity index (χ2v) is 8.63. The first-order chi connectivity index (χ1) is 18.4. The maximum Gasteiger partial charge on any atom is 0.249 e. The van der Waals surface area contributed by atoms with Gasteiger partial charge >= 0.3 is 0 Å². The number of rotatable bonds is 7. The number of hydrogen-bond acceptors (Lipinski definition) is 6. The van der Waals surface area contributed by atoms with Crippen LogP contribution in [0.1, 0.15) is 17.3 Å². The van der Waals surface area contributed by atoms with Gasteiger partial charge in [0.15, 0.2) is 11.5 Å². The normalized spacial score (nSPS) is 10.8. The zero-order valence-corrected chi connectivity index (χ0v) is 21.1. The second-order valence-electron chi connectivity index (χ2n) is 8.63. The van der Waals surface area contributed by atoms with E-state index >= 15 is 0 Å². The van der Waals surface area contributed by atoms with Crippen molar-refractivity contribution in [1.29, 1.82) is 0 Å². The van der Waals surface area contributed by atoms with E-state index in [-0.39, 0.29) is 5.91 Å². The lowest BCUT2D eigenvalue weighted by molar-refractivity contribution is -0.114. The van der Waals surface area contributed by atoms with E-state index in [1.54, 1.807) is 44.7 Å². The maximum atomic E-state index is 12.2. The van der Waals surface area contributed by atoms with Gasteiger partial charge < -0.3 is 25.3 Å². The molecule has 1 aromatic heterocycles. The van der Waals surface area contributed by atoms with Gasteiger partial charge in [0.25, 0.3) is 0 Å². The predicted octanol–water partition coefficient (Wildman–Crippen LogP) is 5.92. The van der Waals surface area contributed by atoms with E-state index in [1.165, 1.54) is 6.92 Å². The molecule has 0 aliphatic heterocycles. The number of pyridine rings is 1. The fourth-order valence-corrected chi connectivity index (χ4v) is 4.47. The molecule has 0 saturated carbocycles. The van der Waals surface area contributed by atoms with Crippen LogP contribution >= 0.6 is 0 Å². The van der Waals surface area contributed by atoms with E-state index in [4.69, 9.17) is 19.9 Å². The number of nitrogens with two attached hydrogens (primary N) is 1. The summed E-state index contributed by atoms with van der Waals surface area (Å²) < 4.78 is 17.1. The highest BCUT2D eigenvalue weighted by atomic mass is 16.5. The quantitative estimate of drug-likeness (QED) is 0.283. The van der Waals surface area contributed by atoms with Gasteiger partial charge in [-0.05, 0) is 58.8 Å². The standard InChI is InChI=1S/C30H25N3O5/c1-17(34)33-24-6-4-5-22(30(31)35)29(24)20-8-7-19-14-21(10-9-18(19)13-20)38-26-11-12-32-25-16-28(37-3)27(36-2)15-23(25)26/h4-16H,1-3H3,(H2,31,35)(H,33,34). The molecular weight excluding hydrogens is 482 g/mol. The molecule has 0 aliphatic carbocycles. The van der Waals surface area contributed by atoms with Crippen molar-refractivity contribution in [3.05, 3.63) is 84.6 Å². The lowest BCUT2D eigenvalue weighted by Crippen LogP contribution is -2.15. The molecule has 2 amide bonds. The van der Waals surface area contributed by atoms with Crippen LogP contribution in [0.15, 0.2) is 79.0 Å². The zero-order valence-electron chi connectivity index (χ0n) is 21.1. The van der Waals surface area contributed by atoms with Crippen LogP contribution < -0.4 is 25.3 Å². The third-order valence-electron chi connectivity index (χ3n) is 6.18. The summed E-state index contributed by atoms with van der Waals surface area (Å²) in [6.07, 6.45) is 1.68. The number of primary amides is 1. The summed E-state index contributed by atoms with van der Waals surface area (Å²) in [4.78, 5) is 28.4. The summed E-state index contributed by atoms with van der Waals surface area (Å²) in [5, 5.41) is 5.44. The van der Waals surface area contributed by atoms with Crippen molar-refractivity contribution < 1.29 is 23.8 Å². The van der Waals surface area contributed by atoms with E-state index in [0.29, 0.717) is 45.3 Å². The fourth-order valence-electron chi connectivity index (χ4n) is 4.47. The molecule has 0 radical (unpaired) electrons. The van der Waals surface area contributed by atoms with E-state index in [2.05, 4.69) is 10.3 Å². The van der Waals surface area contributed by atoms with Crippen molar-refractivity contribution in [2.24, 2.45) is 5.73 Å². The molecule has 1 heterocycles. The van der Waals surface area contributed by atoms with E-state index in [0.717, 1.165) is 21.7 Å². The number of nitrogens with one attached hydrogen (secondary N) is 1. The highest BCUT2D eigenvalue weighted by molar-refractivity contribution is 6.06. The number of hydrogen-bond donors (Lipinski definition) is 2. The molecule has 38 heavy (non-hydrogen) atoms. The molecule has 0 fully saturated rings. The minimum atomic E-state index is -0.574. The van der Waals surface area contributed by atoms with Crippen molar-refractivity contribution in [3.8, 4) is 34.1 Å². The number of ether oxygens (including phenoxy) is 3. The minimum Gasteiger partial charge on any atom is -0.493 e. The van der Waals surface area contributed by atoms with Gasteiger partial charge in [-0.25, -0.2) is 0 Å². The van der Waals surface area contributed by atoms with Crippen molar-refractivity contribution in [1.82, 2.24) is 4.98 Å². The van der Waals surface area contributed by atoms with E-state index in [9.17, 15) is 9.59 Å². The Morgan fingerprint density at radius 2 is 1.58 bits per heavy atom. The van der Waals surface area contributed by atoms with Crippen molar-refractivity contribution in [2.75, 3.05) is 19.5 Å². The Labute approximate surface area is 219 Å². The molecular formula is C30H25N3O5. The van der Waals surface area contributed by atoms with Crippen LogP contribution in [0.4, 0.5) is 5.69 Å². The summed E-state index contributed by atoms with van der Waals surface area (Å²) >= 11 is 0. The van der Waals surface area contributed by atoms with E-state index in [1.807, 2.05) is 48.5 Å². The summed E-state index contributed by atoms with van der Waals surface area (Å²) in [6.45, 7) is 1.42. The second kappa shape index (κ2) is 10.1. The third-order valence-corrected chi connectivity index (χ3v) is 6.18. The Bertz CT molecular complexity index is 1710. The molecule has 3 N–H and O–H groups in total. The Kier molecular flexibility index (Phi) is 6.53. The Morgan fingerprint density at radius 3 is 2.32 bits per heavy atom. The molecule has 0 spiro atoms. The molecule has 0 aliphatic rings. The zero-order chi connectivity index (χ0) is 26.8. The first-order valence-corrected chi connectivity index (χ1v) is 11.8. The van der Waals surface area contributed by atoms with Gasteiger partial charge in [-0.2, -0.15) is 0 Å². The molecule has 5 aromatic rings. The van der Waals surface area contributed by atoms with Crippen LogP contribution in [-0.4, -0.2) is 31.0 Å². The van der Waals surface area contributed by atoms with Crippen LogP contribution in [0.25, 0.3) is 32.8 Å². The number of carbonyl (C=O) groups excluding carboxylic acids is 2. The smallest absolute Gasteiger partial charge is 0.249 e. The van der Waals surface area contributed by atoms with Crippen molar-refractivity contribution >= 4 is 39.2 Å². The van der Waals surface area contributed by atoms with Gasteiger partial charge in [-0.3, -0.25) is 14.6 Å². The number of amides is 2. The van der Waals surface area contributed by atoms with Gasteiger partial charge in [-0.1, -0.05) is 24.3 Å². The molecule has 0 unspecified atom stereocenters. The lowest BCUT2D eigenvalue weighted by Gasteiger charge is -2.15. The Morgan fingerprint density at radius 1 is 0.842 bits per heavy atom. The Balaban J connectivity index is 1.53. The van der Waals surface area contributed by atoms with Crippen molar-refractivity contribution in [3.63, 3.8) is 0 Å². The molecule has 4 aromatic carbocycles. The van der Waals surface area contributed by atoms with Crippen LogP contribution in [0.3, 0.4) is 0 Å². The topological polar surface area (TPSA) is 113 Å². The molecule has 8 heteroatoms. The Hall–Kier alpha value is -5.11. The van der Waals surface area contributed by atoms with Crippen LogP contribution in [0.2, 0.25) is 0 Å². The molecule has 190 valence electrons. The summed E-state index contributed by atoms with van der Waals surface area (Å²) in [5.41, 5.74) is 8.53. The first kappa shape index (κ1) is 24.6. The van der Waals surface area contributed by atoms with Gasteiger partial charge in [0.05, 0.1) is 19.7 Å². The number of nitrogens with zero attached hydrogens (tertiary/aromatic N) is 1. The van der Waals surface area contributed by atoms with Crippen LogP contribution in [0, 0.1) is 0 Å². The van der Waals surface area contributed by atoms with Crippen molar-refractivity contribution in [2.45, 2.75) is 6.92 Å². The van der Waals surface area contributed by atoms with Gasteiger partial charge in [-0.15, -0.1) is 0 Å². The maximum absolute atomic E-state index is 12.2. The number of aromatic nitrogens is 1. The monoisotopic (exact) mass is 507 g/mol. The third kappa shape index (κ3) is 4.67. The molecule has 5 rings (SSSR count). The minimum absolute atomic E-state index is 0.241. The predicted molar refractivity (Wildman–Crippen MR) is 147 cm³/mol. The first-order valence-electron chi connectivity index (χ1n) is 11.8. The summed E-state index contributed by atoms with van der Waals surface area (Å²) in [5.74, 6) is 1.63. The molecule has 0 bridgehead atoms. The highest BCUT2D eigenvalue weighted by Gasteiger charge is 2.16. The molecule has 0 saturated heterocycles. The SMILES string of the molecule is COc1cc2nccc(Oc3ccc4cc(-c5c(NC(C)=O)cccc5C(N)=O)ccc4c3)c2cc1OC. The largest absolute Gasteiger partial charge is 0.493 e. The average molecular weight is 508 g/mol. The highest BCUT2D eigenvalue weighted by Crippen LogP contribution is 2.38. The lowest BCUT2D eigenvalue weighted by atomic mass is 9.95. The number of fused-ring (bicyclic) bond motifs is 2. The molecule has 0 atom stereocenters. The fraction of sp³-hybridized carbons (Fsp3) is 0.100.